The third-order valence-electron chi connectivity index (χ3n) is 5.54. The van der Waals surface area contributed by atoms with Gasteiger partial charge in [0.15, 0.2) is 0 Å². The molecule has 1 aliphatic heterocycles. The number of hydrogen-bond acceptors (Lipinski definition) is 3. The van der Waals surface area contributed by atoms with Gasteiger partial charge in [-0.05, 0) is 48.3 Å². The number of benzene rings is 2. The summed E-state index contributed by atoms with van der Waals surface area (Å²) in [6.45, 7) is 13.4. The predicted molar refractivity (Wildman–Crippen MR) is 117 cm³/mol. The molecule has 0 N–H and O–H groups in total. The average Bonchev–Trinajstić information content (AvgIpc) is 2.60. The van der Waals surface area contributed by atoms with Gasteiger partial charge in [0.2, 0.25) is 8.32 Å². The molecule has 0 amide bonds. The lowest BCUT2D eigenvalue weighted by Crippen LogP contribution is -2.43. The Morgan fingerprint density at radius 2 is 1.81 bits per heavy atom. The normalized spacial score (nSPS) is 17.3. The highest BCUT2D eigenvalue weighted by atomic mass is 28.4. The van der Waals surface area contributed by atoms with Crippen molar-refractivity contribution in [3.8, 4) is 5.75 Å². The number of fused-ring (bicyclic) bond motifs is 1. The van der Waals surface area contributed by atoms with E-state index in [1.54, 1.807) is 0 Å². The van der Waals surface area contributed by atoms with Gasteiger partial charge in [-0.25, -0.2) is 0 Å². The van der Waals surface area contributed by atoms with Gasteiger partial charge in [0.25, 0.3) is 0 Å². The van der Waals surface area contributed by atoms with Crippen molar-refractivity contribution in [3.05, 3.63) is 77.5 Å². The van der Waals surface area contributed by atoms with Gasteiger partial charge in [0, 0.05) is 11.8 Å². The Morgan fingerprint density at radius 1 is 1.07 bits per heavy atom. The summed E-state index contributed by atoms with van der Waals surface area (Å²) in [7, 11) is -1.88. The van der Waals surface area contributed by atoms with Crippen LogP contribution in [0.3, 0.4) is 0 Å². The maximum Gasteiger partial charge on any atom is 0.250 e. The van der Waals surface area contributed by atoms with Crippen molar-refractivity contribution >= 4 is 14.5 Å². The standard InChI is InChI=1S/C23H30N2OSi/c1-7-15-25-22(21-14-9-8-11-19(21)17-24-25)18-12-10-13-20(16-18)26-27(5,6)23(2,3)4/h7-17,22H,1-6H3. The second kappa shape index (κ2) is 7.35. The predicted octanol–water partition coefficient (Wildman–Crippen LogP) is 6.34. The van der Waals surface area contributed by atoms with E-state index >= 15 is 0 Å². The van der Waals surface area contributed by atoms with E-state index < -0.39 is 8.32 Å². The number of hydrogen-bond donors (Lipinski definition) is 0. The summed E-state index contributed by atoms with van der Waals surface area (Å²) in [5.41, 5.74) is 3.61. The highest BCUT2D eigenvalue weighted by Gasteiger charge is 2.39. The van der Waals surface area contributed by atoms with E-state index in [1.165, 1.54) is 16.7 Å². The summed E-state index contributed by atoms with van der Waals surface area (Å²) in [6, 6.07) is 17.0. The van der Waals surface area contributed by atoms with Crippen LogP contribution in [-0.4, -0.2) is 19.5 Å². The highest BCUT2D eigenvalue weighted by molar-refractivity contribution is 6.74. The molecule has 0 aromatic heterocycles. The van der Waals surface area contributed by atoms with Gasteiger partial charge in [0.1, 0.15) is 11.8 Å². The molecule has 2 aromatic rings. The molecule has 0 fully saturated rings. The summed E-state index contributed by atoms with van der Waals surface area (Å²) < 4.78 is 6.54. The van der Waals surface area contributed by atoms with Gasteiger partial charge in [-0.2, -0.15) is 5.10 Å². The minimum atomic E-state index is -1.88. The van der Waals surface area contributed by atoms with Crippen LogP contribution in [-0.2, 0) is 0 Å². The lowest BCUT2D eigenvalue weighted by molar-refractivity contribution is 0.329. The lowest BCUT2D eigenvalue weighted by Gasteiger charge is -2.37. The molecule has 0 bridgehead atoms. The van der Waals surface area contributed by atoms with Gasteiger partial charge >= 0.3 is 0 Å². The summed E-state index contributed by atoms with van der Waals surface area (Å²) in [6.07, 6.45) is 5.98. The molecule has 1 atom stereocenters. The third kappa shape index (κ3) is 4.01. The van der Waals surface area contributed by atoms with E-state index in [2.05, 4.69) is 87.5 Å². The van der Waals surface area contributed by atoms with Crippen LogP contribution >= 0.6 is 0 Å². The number of hydrazone groups is 1. The van der Waals surface area contributed by atoms with E-state index in [9.17, 15) is 0 Å². The van der Waals surface area contributed by atoms with Gasteiger partial charge < -0.3 is 4.43 Å². The second-order valence-corrected chi connectivity index (χ2v) is 13.3. The highest BCUT2D eigenvalue weighted by Crippen LogP contribution is 2.39. The summed E-state index contributed by atoms with van der Waals surface area (Å²) >= 11 is 0. The van der Waals surface area contributed by atoms with Crippen LogP contribution in [0.15, 0.2) is 65.9 Å². The molecule has 142 valence electrons. The first-order valence-electron chi connectivity index (χ1n) is 9.56. The molecule has 0 spiro atoms. The molecular weight excluding hydrogens is 348 g/mol. The molecule has 4 heteroatoms. The van der Waals surface area contributed by atoms with Crippen LogP contribution in [0.1, 0.15) is 50.4 Å². The molecule has 0 aliphatic carbocycles. The summed E-state index contributed by atoms with van der Waals surface area (Å²) in [5.74, 6) is 0.951. The molecule has 0 radical (unpaired) electrons. The zero-order valence-electron chi connectivity index (χ0n) is 17.2. The van der Waals surface area contributed by atoms with Gasteiger partial charge in [0.05, 0.1) is 6.21 Å². The molecule has 27 heavy (non-hydrogen) atoms. The number of rotatable bonds is 4. The number of allylic oxidation sites excluding steroid dienone is 1. The van der Waals surface area contributed by atoms with Crippen molar-refractivity contribution in [3.63, 3.8) is 0 Å². The monoisotopic (exact) mass is 378 g/mol. The van der Waals surface area contributed by atoms with Crippen LogP contribution in [0.2, 0.25) is 18.1 Å². The molecule has 1 unspecified atom stereocenters. The first-order valence-corrected chi connectivity index (χ1v) is 12.5. The SMILES string of the molecule is CC=CN1N=Cc2ccccc2C1c1cccc(O[Si](C)(C)C(C)(C)C)c1. The molecule has 1 heterocycles. The van der Waals surface area contributed by atoms with Gasteiger partial charge in [-0.15, -0.1) is 0 Å². The maximum atomic E-state index is 6.54. The zero-order valence-corrected chi connectivity index (χ0v) is 18.2. The summed E-state index contributed by atoms with van der Waals surface area (Å²) in [5, 5.41) is 6.84. The van der Waals surface area contributed by atoms with Crippen LogP contribution in [0.5, 0.6) is 5.75 Å². The van der Waals surface area contributed by atoms with E-state index in [-0.39, 0.29) is 11.1 Å². The first-order chi connectivity index (χ1) is 12.7. The van der Waals surface area contributed by atoms with E-state index in [0.717, 1.165) is 5.75 Å². The van der Waals surface area contributed by atoms with Crippen molar-refractivity contribution in [1.29, 1.82) is 0 Å². The fourth-order valence-electron chi connectivity index (χ4n) is 3.02. The first kappa shape index (κ1) is 19.4. The molecule has 0 saturated heterocycles. The van der Waals surface area contributed by atoms with Crippen LogP contribution in [0, 0.1) is 0 Å². The largest absolute Gasteiger partial charge is 0.543 e. The molecule has 3 rings (SSSR count). The Kier molecular flexibility index (Phi) is 5.29. The van der Waals surface area contributed by atoms with Crippen LogP contribution < -0.4 is 4.43 Å². The summed E-state index contributed by atoms with van der Waals surface area (Å²) in [4.78, 5) is 0. The van der Waals surface area contributed by atoms with Crippen LogP contribution in [0.4, 0.5) is 0 Å². The fourth-order valence-corrected chi connectivity index (χ4v) is 4.04. The third-order valence-corrected chi connectivity index (χ3v) is 9.90. The Labute approximate surface area is 164 Å². The van der Waals surface area contributed by atoms with Crippen molar-refractivity contribution in [2.75, 3.05) is 0 Å². The van der Waals surface area contributed by atoms with E-state index in [4.69, 9.17) is 4.43 Å². The Balaban J connectivity index is 2.01. The fraction of sp³-hybridized carbons (Fsp3) is 0.348. The minimum absolute atomic E-state index is 0.0466. The molecule has 2 aromatic carbocycles. The van der Waals surface area contributed by atoms with Gasteiger partial charge in [-0.3, -0.25) is 5.01 Å². The topological polar surface area (TPSA) is 24.8 Å². The van der Waals surface area contributed by atoms with Crippen molar-refractivity contribution in [2.24, 2.45) is 5.10 Å². The smallest absolute Gasteiger partial charge is 0.250 e. The van der Waals surface area contributed by atoms with Crippen molar-refractivity contribution < 1.29 is 4.43 Å². The minimum Gasteiger partial charge on any atom is -0.543 e. The lowest BCUT2D eigenvalue weighted by atomic mass is 9.93. The second-order valence-electron chi connectivity index (χ2n) is 8.57. The Morgan fingerprint density at radius 3 is 2.52 bits per heavy atom. The van der Waals surface area contributed by atoms with Crippen molar-refractivity contribution in [2.45, 2.75) is 51.9 Å². The average molecular weight is 379 g/mol. The molecule has 1 aliphatic rings. The molecular formula is C23H30N2OSi. The van der Waals surface area contributed by atoms with Crippen molar-refractivity contribution in [1.82, 2.24) is 5.01 Å². The van der Waals surface area contributed by atoms with E-state index in [0.29, 0.717) is 0 Å². The Hall–Kier alpha value is -2.33. The number of nitrogens with zero attached hydrogens (tertiary/aromatic N) is 2. The zero-order chi connectivity index (χ0) is 19.7. The Bertz CT molecular complexity index is 865. The quantitative estimate of drug-likeness (QED) is 0.580. The molecule has 3 nitrogen and oxygen atoms in total. The molecule has 0 saturated carbocycles. The van der Waals surface area contributed by atoms with Crippen LogP contribution in [0.25, 0.3) is 0 Å². The maximum absolute atomic E-state index is 6.54. The van der Waals surface area contributed by atoms with E-state index in [1.807, 2.05) is 30.4 Å². The van der Waals surface area contributed by atoms with Gasteiger partial charge in [-0.1, -0.05) is 63.2 Å².